The van der Waals surface area contributed by atoms with Gasteiger partial charge in [-0.05, 0) is 13.8 Å². The van der Waals surface area contributed by atoms with Crippen molar-refractivity contribution >= 4 is 35.7 Å². The Hall–Kier alpha value is -3.50. The molecule has 5 aliphatic heterocycles. The molecule has 20 nitrogen and oxygen atoms in total. The number of aliphatic hydroxyl groups is 4. The first-order valence-corrected chi connectivity index (χ1v) is 18.2. The van der Waals surface area contributed by atoms with Crippen LogP contribution in [-0.2, 0) is 18.9 Å². The molecule has 52 heavy (non-hydrogen) atoms. The van der Waals surface area contributed by atoms with Crippen molar-refractivity contribution in [3.63, 3.8) is 0 Å². The standard InChI is InChI=1S/C32H52N12O8/c1-29(19-45,20-46)39-23-33-25(41-7-3-31(4-8-41)49-15-16-50-31)37-27(35-23)43-11-13-44(14-12-43)28-36-24(40-30(2,21-47)22-48)34-26(38-28)42-9-5-32(6-10-42)51-17-18-52-32/h45-48H,3-22H2,1-2H3,(H,33,35,37,39)(H,34,36,38,40). The highest BCUT2D eigenvalue weighted by Gasteiger charge is 2.42. The molecule has 0 saturated carbocycles. The second-order valence-electron chi connectivity index (χ2n) is 14.7. The first-order chi connectivity index (χ1) is 25.1. The summed E-state index contributed by atoms with van der Waals surface area (Å²) in [6.07, 6.45) is 2.73. The van der Waals surface area contributed by atoms with Gasteiger partial charge >= 0.3 is 0 Å². The van der Waals surface area contributed by atoms with Gasteiger partial charge < -0.3 is 69.6 Å². The first kappa shape index (κ1) is 36.8. The van der Waals surface area contributed by atoms with Crippen molar-refractivity contribution in [2.45, 2.75) is 62.2 Å². The molecule has 0 unspecified atom stereocenters. The summed E-state index contributed by atoms with van der Waals surface area (Å²) in [6.45, 7) is 9.19. The van der Waals surface area contributed by atoms with Gasteiger partial charge in [-0.15, -0.1) is 0 Å². The molecule has 0 radical (unpaired) electrons. The number of nitrogens with one attached hydrogen (secondary N) is 2. The minimum atomic E-state index is -1.04. The van der Waals surface area contributed by atoms with Gasteiger partial charge in [-0.2, -0.15) is 29.9 Å². The fourth-order valence-corrected chi connectivity index (χ4v) is 6.96. The minimum absolute atomic E-state index is 0.257. The van der Waals surface area contributed by atoms with E-state index in [1.807, 2.05) is 0 Å². The fraction of sp³-hybridized carbons (Fsp3) is 0.812. The Morgan fingerprint density at radius 3 is 1.02 bits per heavy atom. The smallest absolute Gasteiger partial charge is 0.232 e. The largest absolute Gasteiger partial charge is 0.394 e. The fourth-order valence-electron chi connectivity index (χ4n) is 6.96. The quantitative estimate of drug-likeness (QED) is 0.144. The third kappa shape index (κ3) is 7.88. The lowest BCUT2D eigenvalue weighted by atomic mass is 10.0. The third-order valence-corrected chi connectivity index (χ3v) is 10.5. The topological polar surface area (TPSA) is 232 Å². The van der Waals surface area contributed by atoms with Crippen molar-refractivity contribution in [1.82, 2.24) is 29.9 Å². The molecule has 0 aromatic carbocycles. The molecule has 5 saturated heterocycles. The summed E-state index contributed by atoms with van der Waals surface area (Å²) in [5.74, 6) is 1.33. The monoisotopic (exact) mass is 732 g/mol. The van der Waals surface area contributed by atoms with Crippen LogP contribution in [0.4, 0.5) is 35.7 Å². The van der Waals surface area contributed by atoms with Gasteiger partial charge in [0.15, 0.2) is 11.6 Å². The molecule has 5 aliphatic rings. The van der Waals surface area contributed by atoms with Gasteiger partial charge in [0.05, 0.1) is 63.9 Å². The number of ether oxygens (including phenoxy) is 4. The van der Waals surface area contributed by atoms with E-state index in [0.29, 0.717) is 128 Å². The van der Waals surface area contributed by atoms with E-state index in [0.717, 1.165) is 0 Å². The Bertz CT molecular complexity index is 1380. The van der Waals surface area contributed by atoms with Gasteiger partial charge in [-0.25, -0.2) is 0 Å². The Balaban J connectivity index is 1.09. The number of hydrogen-bond donors (Lipinski definition) is 6. The number of hydrogen-bond acceptors (Lipinski definition) is 20. The molecule has 0 amide bonds. The summed E-state index contributed by atoms with van der Waals surface area (Å²) in [4.78, 5) is 37.0. The van der Waals surface area contributed by atoms with E-state index in [4.69, 9.17) is 48.9 Å². The van der Waals surface area contributed by atoms with Crippen molar-refractivity contribution < 1.29 is 39.4 Å². The molecule has 5 fully saturated rings. The van der Waals surface area contributed by atoms with Crippen LogP contribution in [0.25, 0.3) is 0 Å². The van der Waals surface area contributed by atoms with Crippen LogP contribution in [0.3, 0.4) is 0 Å². The molecule has 6 N–H and O–H groups in total. The highest BCUT2D eigenvalue weighted by molar-refractivity contribution is 5.50. The zero-order chi connectivity index (χ0) is 36.4. The minimum Gasteiger partial charge on any atom is -0.394 e. The summed E-state index contributed by atoms with van der Waals surface area (Å²) in [6, 6.07) is 0. The summed E-state index contributed by atoms with van der Waals surface area (Å²) in [5, 5.41) is 46.2. The molecule has 7 rings (SSSR count). The maximum absolute atomic E-state index is 9.99. The predicted molar refractivity (Wildman–Crippen MR) is 189 cm³/mol. The second kappa shape index (κ2) is 15.1. The molecule has 2 aromatic heterocycles. The van der Waals surface area contributed by atoms with E-state index in [1.54, 1.807) is 13.8 Å². The van der Waals surface area contributed by atoms with Crippen LogP contribution >= 0.6 is 0 Å². The number of rotatable bonds is 12. The Morgan fingerprint density at radius 1 is 0.481 bits per heavy atom. The highest BCUT2D eigenvalue weighted by atomic mass is 16.7. The lowest BCUT2D eigenvalue weighted by Crippen LogP contribution is -2.49. The third-order valence-electron chi connectivity index (χ3n) is 10.5. The number of aromatic nitrogens is 6. The van der Waals surface area contributed by atoms with E-state index in [2.05, 4.69) is 30.2 Å². The Morgan fingerprint density at radius 2 is 0.750 bits per heavy atom. The van der Waals surface area contributed by atoms with E-state index < -0.39 is 22.7 Å². The zero-order valence-electron chi connectivity index (χ0n) is 30.0. The van der Waals surface area contributed by atoms with E-state index in [-0.39, 0.29) is 38.3 Å². The van der Waals surface area contributed by atoms with Crippen molar-refractivity contribution in [3.05, 3.63) is 0 Å². The molecule has 2 spiro atoms. The van der Waals surface area contributed by atoms with Gasteiger partial charge in [0, 0.05) is 78.0 Å². The summed E-state index contributed by atoms with van der Waals surface area (Å²) in [7, 11) is 0. The van der Waals surface area contributed by atoms with Gasteiger partial charge in [0.1, 0.15) is 0 Å². The normalized spacial score (nSPS) is 22.1. The maximum Gasteiger partial charge on any atom is 0.232 e. The molecular formula is C32H52N12O8. The molecule has 0 aliphatic carbocycles. The summed E-state index contributed by atoms with van der Waals surface area (Å²) in [5.41, 5.74) is -2.08. The molecule has 2 aromatic rings. The number of nitrogens with zero attached hydrogens (tertiary/aromatic N) is 10. The zero-order valence-corrected chi connectivity index (χ0v) is 30.0. The van der Waals surface area contributed by atoms with Crippen molar-refractivity contribution in [1.29, 1.82) is 0 Å². The second-order valence-corrected chi connectivity index (χ2v) is 14.7. The highest BCUT2D eigenvalue weighted by Crippen LogP contribution is 2.35. The molecule has 20 heteroatoms. The molecular weight excluding hydrogens is 680 g/mol. The van der Waals surface area contributed by atoms with Gasteiger partial charge in [-0.3, -0.25) is 0 Å². The lowest BCUT2D eigenvalue weighted by Gasteiger charge is -2.39. The lowest BCUT2D eigenvalue weighted by molar-refractivity contribution is -0.169. The van der Waals surface area contributed by atoms with Crippen LogP contribution in [0.15, 0.2) is 0 Å². The van der Waals surface area contributed by atoms with Crippen molar-refractivity contribution in [2.75, 3.05) is 135 Å². The number of aliphatic hydroxyl groups excluding tert-OH is 4. The average molecular weight is 733 g/mol. The van der Waals surface area contributed by atoms with E-state index in [1.165, 1.54) is 0 Å². The van der Waals surface area contributed by atoms with Gasteiger partial charge in [0.25, 0.3) is 0 Å². The molecule has 288 valence electrons. The Labute approximate surface area is 302 Å². The van der Waals surface area contributed by atoms with Gasteiger partial charge in [0.2, 0.25) is 35.7 Å². The van der Waals surface area contributed by atoms with Crippen molar-refractivity contribution in [3.8, 4) is 0 Å². The van der Waals surface area contributed by atoms with Crippen LogP contribution in [0.5, 0.6) is 0 Å². The number of piperazine rings is 1. The molecule has 7 heterocycles. The van der Waals surface area contributed by atoms with Gasteiger partial charge in [-0.1, -0.05) is 0 Å². The van der Waals surface area contributed by atoms with E-state index >= 15 is 0 Å². The number of piperidine rings is 2. The molecule has 0 bridgehead atoms. The van der Waals surface area contributed by atoms with Crippen molar-refractivity contribution in [2.24, 2.45) is 0 Å². The first-order valence-electron chi connectivity index (χ1n) is 18.2. The average Bonchev–Trinajstić information content (AvgIpc) is 3.84. The maximum atomic E-state index is 9.99. The summed E-state index contributed by atoms with van der Waals surface area (Å²) < 4.78 is 23.7. The van der Waals surface area contributed by atoms with E-state index in [9.17, 15) is 20.4 Å². The summed E-state index contributed by atoms with van der Waals surface area (Å²) >= 11 is 0. The van der Waals surface area contributed by atoms with Crippen LogP contribution in [0, 0.1) is 0 Å². The van der Waals surface area contributed by atoms with Crippen LogP contribution in [-0.4, -0.2) is 178 Å². The molecule has 0 atom stereocenters. The van der Waals surface area contributed by atoms with Crippen LogP contribution < -0.4 is 30.2 Å². The predicted octanol–water partition coefficient (Wildman–Crippen LogP) is -1.62. The SMILES string of the molecule is CC(CO)(CO)Nc1nc(N2CCN(c3nc(NC(C)(CO)CO)nc(N4CCC5(CC4)OCCO5)n3)CC2)nc(N2CCC3(CC2)OCCO3)n1. The Kier molecular flexibility index (Phi) is 10.7. The van der Waals surface area contributed by atoms with Crippen LogP contribution in [0.1, 0.15) is 39.5 Å². The number of anilines is 6. The van der Waals surface area contributed by atoms with Crippen LogP contribution in [0.2, 0.25) is 0 Å².